The summed E-state index contributed by atoms with van der Waals surface area (Å²) in [6.45, 7) is 0. The number of anilines is 1. The monoisotopic (exact) mass is 169 g/mol. The van der Waals surface area contributed by atoms with Gasteiger partial charge in [0.1, 0.15) is 10.5 Å². The first-order valence-corrected chi connectivity index (χ1v) is 5.27. The maximum Gasteiger partial charge on any atom is 0.180 e. The maximum absolute atomic E-state index is 5.68. The molecule has 54 valence electrons. The minimum Gasteiger partial charge on any atom is -0.465 e. The Balaban J connectivity index is 2.81. The van der Waals surface area contributed by atoms with Gasteiger partial charge in [-0.25, -0.2) is 0 Å². The third kappa shape index (κ3) is 1.69. The van der Waals surface area contributed by atoms with E-state index in [-0.39, 0.29) is 0 Å². The number of para-hydroxylation sites is 1. The highest BCUT2D eigenvalue weighted by Gasteiger charge is 1.94. The maximum atomic E-state index is 5.68. The lowest BCUT2D eigenvalue weighted by Gasteiger charge is -2.01. The van der Waals surface area contributed by atoms with E-state index in [0.717, 1.165) is 16.2 Å². The number of rotatable bonds is 2. The Hall–Kier alpha value is -0.586. The molecule has 10 heavy (non-hydrogen) atoms. The van der Waals surface area contributed by atoms with Crippen LogP contribution in [0, 0.1) is 0 Å². The summed E-state index contributed by atoms with van der Waals surface area (Å²) in [5.74, 6) is 0. The zero-order valence-electron chi connectivity index (χ0n) is 6.00. The molecule has 0 aliphatic heterocycles. The van der Waals surface area contributed by atoms with E-state index in [2.05, 4.69) is 0 Å². The molecule has 0 atom stereocenters. The predicted molar refractivity (Wildman–Crippen MR) is 50.1 cm³/mol. The molecule has 0 heterocycles. The number of nitrogen functional groups attached to an aromatic ring is 1. The molecule has 0 spiro atoms. The van der Waals surface area contributed by atoms with Crippen molar-refractivity contribution in [3.05, 3.63) is 24.3 Å². The molecule has 0 aliphatic carbocycles. The second-order valence-corrected chi connectivity index (χ2v) is 5.49. The molecule has 0 bridgehead atoms. The number of hydrogen-bond donors (Lipinski definition) is 1. The van der Waals surface area contributed by atoms with E-state index >= 15 is 0 Å². The molecule has 1 rings (SSSR count). The van der Waals surface area contributed by atoms with Gasteiger partial charge in [0.15, 0.2) is 9.76 Å². The Bertz CT molecular complexity index is 217. The van der Waals surface area contributed by atoms with Crippen LogP contribution in [0.5, 0.6) is 0 Å². The van der Waals surface area contributed by atoms with Crippen LogP contribution in [0.2, 0.25) is 0 Å². The van der Waals surface area contributed by atoms with E-state index in [9.17, 15) is 0 Å². The van der Waals surface area contributed by atoms with Crippen molar-refractivity contribution in [2.24, 2.45) is 0 Å². The summed E-state index contributed by atoms with van der Waals surface area (Å²) in [5.41, 5.74) is 6.56. The van der Waals surface area contributed by atoms with Gasteiger partial charge in [0, 0.05) is 5.69 Å². The topological polar surface area (TPSA) is 35.2 Å². The highest BCUT2D eigenvalue weighted by Crippen LogP contribution is 1.94. The first kappa shape index (κ1) is 7.52. The summed E-state index contributed by atoms with van der Waals surface area (Å²) >= 11 is 0. The molecule has 4 heteroatoms. The van der Waals surface area contributed by atoms with Crippen molar-refractivity contribution in [1.29, 1.82) is 0 Å². The van der Waals surface area contributed by atoms with Crippen molar-refractivity contribution in [2.75, 3.05) is 5.73 Å². The smallest absolute Gasteiger partial charge is 0.180 e. The molecule has 1 aromatic carbocycles. The molecule has 1 aromatic rings. The molecular weight excluding hydrogens is 158 g/mol. The fraction of sp³-hybridized carbons (Fsp3) is 0. The van der Waals surface area contributed by atoms with Crippen LogP contribution < -0.4 is 10.9 Å². The summed E-state index contributed by atoms with van der Waals surface area (Å²) in [4.78, 5) is 0. The van der Waals surface area contributed by atoms with Crippen molar-refractivity contribution >= 4 is 31.1 Å². The lowest BCUT2D eigenvalue weighted by atomic mass is 10.3. The van der Waals surface area contributed by atoms with Crippen LogP contribution >= 0.6 is 0 Å². The Morgan fingerprint density at radius 3 is 2.70 bits per heavy atom. The van der Waals surface area contributed by atoms with Gasteiger partial charge < -0.3 is 9.85 Å². The quantitative estimate of drug-likeness (QED) is 0.422. The first-order valence-electron chi connectivity index (χ1n) is 3.17. The zero-order chi connectivity index (χ0) is 7.40. The summed E-state index contributed by atoms with van der Waals surface area (Å²) in [6, 6.07) is 7.90. The van der Waals surface area contributed by atoms with Gasteiger partial charge in [0.25, 0.3) is 0 Å². The van der Waals surface area contributed by atoms with Gasteiger partial charge >= 0.3 is 0 Å². The van der Waals surface area contributed by atoms with Crippen LogP contribution in [0.1, 0.15) is 0 Å². The highest BCUT2D eigenvalue weighted by molar-refractivity contribution is 6.52. The standard InChI is InChI=1S/C6H11NOSi2/c7-5-3-1-2-4-6(5)10-8-9/h1-4H,7,10H2,9H3. The van der Waals surface area contributed by atoms with Crippen molar-refractivity contribution in [3.63, 3.8) is 0 Å². The SMILES string of the molecule is Nc1ccccc1[SiH2]O[SiH3]. The molecule has 0 fully saturated rings. The van der Waals surface area contributed by atoms with Crippen LogP contribution in [0.4, 0.5) is 5.69 Å². The molecule has 2 N–H and O–H groups in total. The number of benzene rings is 1. The molecule has 0 aliphatic rings. The largest absolute Gasteiger partial charge is 0.465 e. The number of hydrogen-bond acceptors (Lipinski definition) is 2. The Kier molecular flexibility index (Phi) is 2.67. The Labute approximate surface area is 65.9 Å². The molecular formula is C6H11NOSi2. The molecule has 0 saturated carbocycles. The third-order valence-corrected chi connectivity index (χ3v) is 3.46. The average molecular weight is 169 g/mol. The van der Waals surface area contributed by atoms with Crippen LogP contribution in [-0.4, -0.2) is 20.2 Å². The minimum absolute atomic E-state index is 0.493. The first-order chi connectivity index (χ1) is 4.84. The van der Waals surface area contributed by atoms with Gasteiger partial charge in [-0.05, 0) is 11.3 Å². The Morgan fingerprint density at radius 2 is 2.10 bits per heavy atom. The average Bonchev–Trinajstić information content (AvgIpc) is 1.94. The third-order valence-electron chi connectivity index (χ3n) is 1.35. The van der Waals surface area contributed by atoms with Gasteiger partial charge in [-0.15, -0.1) is 0 Å². The second kappa shape index (κ2) is 3.55. The lowest BCUT2D eigenvalue weighted by Crippen LogP contribution is -2.19. The van der Waals surface area contributed by atoms with Gasteiger partial charge in [-0.1, -0.05) is 18.2 Å². The fourth-order valence-electron chi connectivity index (χ4n) is 0.821. The van der Waals surface area contributed by atoms with Gasteiger partial charge in [0.2, 0.25) is 0 Å². The minimum atomic E-state index is -0.493. The highest BCUT2D eigenvalue weighted by atomic mass is 28.3. The van der Waals surface area contributed by atoms with Crippen molar-refractivity contribution in [1.82, 2.24) is 0 Å². The van der Waals surface area contributed by atoms with Gasteiger partial charge in [-0.3, -0.25) is 0 Å². The van der Waals surface area contributed by atoms with Crippen molar-refractivity contribution in [3.8, 4) is 0 Å². The lowest BCUT2D eigenvalue weighted by molar-refractivity contribution is 0.677. The van der Waals surface area contributed by atoms with Crippen molar-refractivity contribution < 1.29 is 4.12 Å². The normalized spacial score (nSPS) is 11.2. The van der Waals surface area contributed by atoms with Crippen molar-refractivity contribution in [2.45, 2.75) is 0 Å². The Morgan fingerprint density at radius 1 is 1.40 bits per heavy atom. The van der Waals surface area contributed by atoms with Gasteiger partial charge in [-0.2, -0.15) is 0 Å². The molecule has 0 amide bonds. The van der Waals surface area contributed by atoms with E-state index in [1.165, 1.54) is 5.19 Å². The molecule has 0 radical (unpaired) electrons. The number of nitrogens with two attached hydrogens (primary N) is 1. The summed E-state index contributed by atoms with van der Waals surface area (Å²) in [7, 11) is 0.335. The van der Waals surface area contributed by atoms with E-state index < -0.39 is 9.76 Å². The van der Waals surface area contributed by atoms with Crippen LogP contribution in [0.25, 0.3) is 0 Å². The van der Waals surface area contributed by atoms with Gasteiger partial charge in [0.05, 0.1) is 0 Å². The van der Waals surface area contributed by atoms with E-state index in [4.69, 9.17) is 9.85 Å². The van der Waals surface area contributed by atoms with E-state index in [0.29, 0.717) is 0 Å². The van der Waals surface area contributed by atoms with Crippen LogP contribution in [0.15, 0.2) is 24.3 Å². The second-order valence-electron chi connectivity index (χ2n) is 2.13. The molecule has 0 aromatic heterocycles. The van der Waals surface area contributed by atoms with Crippen LogP contribution in [-0.2, 0) is 4.12 Å². The molecule has 0 saturated heterocycles. The predicted octanol–water partition coefficient (Wildman–Crippen LogP) is -1.73. The summed E-state index contributed by atoms with van der Waals surface area (Å²) in [6.07, 6.45) is 0. The summed E-state index contributed by atoms with van der Waals surface area (Å²) in [5, 5.41) is 1.22. The molecule has 2 nitrogen and oxygen atoms in total. The zero-order valence-corrected chi connectivity index (χ0v) is 9.42. The van der Waals surface area contributed by atoms with E-state index in [1.54, 1.807) is 0 Å². The summed E-state index contributed by atoms with van der Waals surface area (Å²) < 4.78 is 5.21. The van der Waals surface area contributed by atoms with E-state index in [1.807, 2.05) is 24.3 Å². The van der Waals surface area contributed by atoms with Crippen LogP contribution in [0.3, 0.4) is 0 Å². The fourth-order valence-corrected chi connectivity index (χ4v) is 2.58. The molecule has 0 unspecified atom stereocenters.